The average molecular weight is 290 g/mol. The molecule has 0 amide bonds. The van der Waals surface area contributed by atoms with Gasteiger partial charge in [-0.15, -0.1) is 0 Å². The Labute approximate surface area is 122 Å². The van der Waals surface area contributed by atoms with Crippen LogP contribution >= 0.6 is 11.9 Å². The summed E-state index contributed by atoms with van der Waals surface area (Å²) in [7, 11) is 0. The summed E-state index contributed by atoms with van der Waals surface area (Å²) in [5.41, 5.74) is 8.54. The van der Waals surface area contributed by atoms with E-state index in [9.17, 15) is 4.79 Å². The van der Waals surface area contributed by atoms with Crippen LogP contribution in [0.15, 0.2) is 28.2 Å². The SMILES string of the molecule is N/C=C\C1=NCCN(Sc2cc(C=O)n3c2CCC3)C1. The van der Waals surface area contributed by atoms with E-state index in [1.54, 1.807) is 11.9 Å². The molecule has 0 unspecified atom stereocenters. The first-order chi connectivity index (χ1) is 9.81. The number of rotatable bonds is 4. The molecule has 2 aliphatic heterocycles. The van der Waals surface area contributed by atoms with Gasteiger partial charge in [-0.05, 0) is 43.1 Å². The van der Waals surface area contributed by atoms with E-state index >= 15 is 0 Å². The first-order valence-electron chi connectivity index (χ1n) is 6.84. The predicted molar refractivity (Wildman–Crippen MR) is 81.2 cm³/mol. The van der Waals surface area contributed by atoms with Gasteiger partial charge in [0.15, 0.2) is 6.29 Å². The highest BCUT2D eigenvalue weighted by Crippen LogP contribution is 2.33. The van der Waals surface area contributed by atoms with Gasteiger partial charge in [-0.25, -0.2) is 4.31 Å². The molecule has 0 aromatic carbocycles. The lowest BCUT2D eigenvalue weighted by Crippen LogP contribution is -2.30. The summed E-state index contributed by atoms with van der Waals surface area (Å²) in [5.74, 6) is 0. The van der Waals surface area contributed by atoms with Crippen LogP contribution in [0.25, 0.3) is 0 Å². The minimum atomic E-state index is 0.791. The van der Waals surface area contributed by atoms with Crippen LogP contribution in [0, 0.1) is 0 Å². The van der Waals surface area contributed by atoms with Gasteiger partial charge in [-0.2, -0.15) is 0 Å². The maximum atomic E-state index is 11.1. The quantitative estimate of drug-likeness (QED) is 0.674. The van der Waals surface area contributed by atoms with Crippen molar-refractivity contribution >= 4 is 23.9 Å². The Morgan fingerprint density at radius 2 is 2.30 bits per heavy atom. The van der Waals surface area contributed by atoms with E-state index in [0.717, 1.165) is 56.7 Å². The lowest BCUT2D eigenvalue weighted by atomic mass is 10.3. The molecule has 6 heteroatoms. The number of carbonyl (C=O) groups is 1. The molecule has 0 fully saturated rings. The van der Waals surface area contributed by atoms with E-state index in [-0.39, 0.29) is 0 Å². The Morgan fingerprint density at radius 1 is 1.40 bits per heavy atom. The summed E-state index contributed by atoms with van der Waals surface area (Å²) < 4.78 is 4.43. The number of aldehydes is 1. The highest BCUT2D eigenvalue weighted by molar-refractivity contribution is 7.97. The molecule has 1 aromatic heterocycles. The number of nitrogens with zero attached hydrogens (tertiary/aromatic N) is 3. The van der Waals surface area contributed by atoms with Crippen molar-refractivity contribution < 1.29 is 4.79 Å². The lowest BCUT2D eigenvalue weighted by molar-refractivity contribution is 0.111. The molecular weight excluding hydrogens is 272 g/mol. The molecular formula is C14H18N4OS. The van der Waals surface area contributed by atoms with E-state index < -0.39 is 0 Å². The molecule has 3 rings (SSSR count). The summed E-state index contributed by atoms with van der Waals surface area (Å²) in [4.78, 5) is 16.8. The minimum Gasteiger partial charge on any atom is -0.405 e. The average Bonchev–Trinajstić information content (AvgIpc) is 3.03. The van der Waals surface area contributed by atoms with Gasteiger partial charge in [-0.3, -0.25) is 9.79 Å². The monoisotopic (exact) mass is 290 g/mol. The lowest BCUT2D eigenvalue weighted by Gasteiger charge is -2.24. The highest BCUT2D eigenvalue weighted by atomic mass is 32.2. The van der Waals surface area contributed by atoms with E-state index in [1.807, 2.05) is 12.1 Å². The maximum absolute atomic E-state index is 11.1. The van der Waals surface area contributed by atoms with Crippen molar-refractivity contribution in [3.8, 4) is 0 Å². The molecule has 0 saturated carbocycles. The zero-order valence-corrected chi connectivity index (χ0v) is 12.1. The number of carbonyl (C=O) groups excluding carboxylic acids is 1. The third kappa shape index (κ3) is 2.53. The van der Waals surface area contributed by atoms with Crippen molar-refractivity contribution in [1.82, 2.24) is 8.87 Å². The van der Waals surface area contributed by atoms with Crippen molar-refractivity contribution in [3.63, 3.8) is 0 Å². The number of fused-ring (bicyclic) bond motifs is 1. The second-order valence-corrected chi connectivity index (χ2v) is 6.08. The molecule has 106 valence electrons. The summed E-state index contributed by atoms with van der Waals surface area (Å²) in [6.45, 7) is 3.48. The van der Waals surface area contributed by atoms with Gasteiger partial charge < -0.3 is 10.3 Å². The Kier molecular flexibility index (Phi) is 3.93. The van der Waals surface area contributed by atoms with Crippen molar-refractivity contribution in [1.29, 1.82) is 0 Å². The molecule has 0 saturated heterocycles. The maximum Gasteiger partial charge on any atom is 0.166 e. The number of hydrogen-bond donors (Lipinski definition) is 1. The van der Waals surface area contributed by atoms with Crippen LogP contribution in [0.4, 0.5) is 0 Å². The predicted octanol–water partition coefficient (Wildman–Crippen LogP) is 1.48. The molecule has 0 atom stereocenters. The van der Waals surface area contributed by atoms with Gasteiger partial charge in [0.25, 0.3) is 0 Å². The van der Waals surface area contributed by atoms with Gasteiger partial charge in [0.2, 0.25) is 0 Å². The Hall–Kier alpha value is -1.53. The fourth-order valence-electron chi connectivity index (χ4n) is 2.74. The molecule has 0 aliphatic carbocycles. The van der Waals surface area contributed by atoms with Gasteiger partial charge in [0.1, 0.15) is 0 Å². The minimum absolute atomic E-state index is 0.791. The van der Waals surface area contributed by atoms with Crippen LogP contribution < -0.4 is 5.73 Å². The third-order valence-electron chi connectivity index (χ3n) is 3.64. The zero-order valence-electron chi connectivity index (χ0n) is 11.3. The van der Waals surface area contributed by atoms with Crippen molar-refractivity contribution in [3.05, 3.63) is 29.7 Å². The Balaban J connectivity index is 1.76. The summed E-state index contributed by atoms with van der Waals surface area (Å²) in [6, 6.07) is 2.01. The normalized spacial score (nSPS) is 19.3. The first kappa shape index (κ1) is 13.5. The van der Waals surface area contributed by atoms with E-state index in [4.69, 9.17) is 5.73 Å². The summed E-state index contributed by atoms with van der Waals surface area (Å²) in [5, 5.41) is 0. The van der Waals surface area contributed by atoms with Crippen molar-refractivity contribution in [2.45, 2.75) is 24.3 Å². The molecule has 0 spiro atoms. The van der Waals surface area contributed by atoms with E-state index in [1.165, 1.54) is 16.8 Å². The molecule has 20 heavy (non-hydrogen) atoms. The third-order valence-corrected chi connectivity index (χ3v) is 4.76. The molecule has 3 heterocycles. The van der Waals surface area contributed by atoms with Gasteiger partial charge in [-0.1, -0.05) is 0 Å². The van der Waals surface area contributed by atoms with Crippen LogP contribution in [0.2, 0.25) is 0 Å². The van der Waals surface area contributed by atoms with Crippen LogP contribution in [-0.4, -0.2) is 40.5 Å². The fourth-order valence-corrected chi connectivity index (χ4v) is 3.88. The largest absolute Gasteiger partial charge is 0.405 e. The number of aromatic nitrogens is 1. The fraction of sp³-hybridized carbons (Fsp3) is 0.429. The van der Waals surface area contributed by atoms with Crippen LogP contribution in [-0.2, 0) is 13.0 Å². The van der Waals surface area contributed by atoms with E-state index in [2.05, 4.69) is 13.9 Å². The van der Waals surface area contributed by atoms with Gasteiger partial charge in [0, 0.05) is 23.7 Å². The molecule has 1 aromatic rings. The first-order valence-corrected chi connectivity index (χ1v) is 7.61. The van der Waals surface area contributed by atoms with Crippen LogP contribution in [0.1, 0.15) is 22.6 Å². The topological polar surface area (TPSA) is 63.6 Å². The zero-order chi connectivity index (χ0) is 13.9. The molecule has 0 bridgehead atoms. The second-order valence-electron chi connectivity index (χ2n) is 4.94. The highest BCUT2D eigenvalue weighted by Gasteiger charge is 2.22. The molecule has 2 aliphatic rings. The van der Waals surface area contributed by atoms with Crippen LogP contribution in [0.3, 0.4) is 0 Å². The van der Waals surface area contributed by atoms with Gasteiger partial charge >= 0.3 is 0 Å². The number of aliphatic imine (C=N–C) groups is 1. The molecule has 0 radical (unpaired) electrons. The summed E-state index contributed by atoms with van der Waals surface area (Å²) in [6.07, 6.45) is 6.54. The van der Waals surface area contributed by atoms with Gasteiger partial charge in [0.05, 0.1) is 24.5 Å². The standard InChI is InChI=1S/C14H18N4OS/c15-4-3-11-9-17(7-5-16-11)20-14-8-12(10-19)18-6-1-2-13(14)18/h3-4,8,10H,1-2,5-7,9,15H2/b4-3-. The number of hydrogen-bond acceptors (Lipinski definition) is 5. The Morgan fingerprint density at radius 3 is 3.10 bits per heavy atom. The Bertz CT molecular complexity index is 576. The molecule has 5 nitrogen and oxygen atoms in total. The summed E-state index contributed by atoms with van der Waals surface area (Å²) >= 11 is 1.73. The number of nitrogens with two attached hydrogens (primary N) is 1. The van der Waals surface area contributed by atoms with E-state index in [0.29, 0.717) is 0 Å². The molecule has 2 N–H and O–H groups in total. The van der Waals surface area contributed by atoms with Crippen molar-refractivity contribution in [2.24, 2.45) is 10.7 Å². The van der Waals surface area contributed by atoms with Crippen molar-refractivity contribution in [2.75, 3.05) is 19.6 Å². The second kappa shape index (κ2) is 5.85. The smallest absolute Gasteiger partial charge is 0.166 e. The van der Waals surface area contributed by atoms with Crippen LogP contribution in [0.5, 0.6) is 0 Å².